The Labute approximate surface area is 172 Å². The first kappa shape index (κ1) is 19.8. The van der Waals surface area contributed by atoms with Crippen LogP contribution in [0.1, 0.15) is 48.9 Å². The number of carbonyl (C=O) groups is 1. The van der Waals surface area contributed by atoms with Crippen molar-refractivity contribution >= 4 is 11.6 Å². The number of piperidine rings is 1. The quantitative estimate of drug-likeness (QED) is 0.764. The van der Waals surface area contributed by atoms with Crippen LogP contribution < -0.4 is 0 Å². The topological polar surface area (TPSA) is 35.9 Å². The highest BCUT2D eigenvalue weighted by Gasteiger charge is 2.34. The predicted octanol–water partition coefficient (Wildman–Crippen LogP) is 4.54. The number of amides is 1. The van der Waals surface area contributed by atoms with Gasteiger partial charge in [0.2, 0.25) is 0 Å². The fraction of sp³-hybridized carbons (Fsp3) is 0.417. The van der Waals surface area contributed by atoms with Gasteiger partial charge in [0.05, 0.1) is 18.3 Å². The maximum atomic E-state index is 13.4. The molecule has 0 saturated carbocycles. The molecule has 1 amide bonds. The van der Waals surface area contributed by atoms with E-state index in [1.54, 1.807) is 17.1 Å². The van der Waals surface area contributed by atoms with E-state index in [0.717, 1.165) is 54.3 Å². The van der Waals surface area contributed by atoms with Crippen LogP contribution in [0.25, 0.3) is 0 Å². The number of rotatable bonds is 4. The van der Waals surface area contributed by atoms with Crippen LogP contribution in [-0.4, -0.2) is 41.2 Å². The Morgan fingerprint density at radius 2 is 1.79 bits per heavy atom. The maximum absolute atomic E-state index is 13.4. The second-order valence-electron chi connectivity index (χ2n) is 8.33. The number of hydrogen-bond donors (Lipinski definition) is 0. The molecule has 2 aliphatic heterocycles. The third-order valence-electron chi connectivity index (χ3n) is 6.13. The van der Waals surface area contributed by atoms with Gasteiger partial charge in [-0.25, -0.2) is 9.40 Å². The Morgan fingerprint density at radius 3 is 2.48 bits per heavy atom. The SMILES string of the molecule is Cc1ccccc1C1CC(c2ccc(F)cc2)=NN1C(=O)CN1CCC(C)CC1. The summed E-state index contributed by atoms with van der Waals surface area (Å²) in [6.07, 6.45) is 2.91. The van der Waals surface area contributed by atoms with Crippen molar-refractivity contribution in [3.63, 3.8) is 0 Å². The lowest BCUT2D eigenvalue weighted by Crippen LogP contribution is -2.41. The Bertz CT molecular complexity index is 901. The maximum Gasteiger partial charge on any atom is 0.257 e. The van der Waals surface area contributed by atoms with Crippen LogP contribution in [0.4, 0.5) is 4.39 Å². The smallest absolute Gasteiger partial charge is 0.257 e. The van der Waals surface area contributed by atoms with Crippen LogP contribution in [0, 0.1) is 18.7 Å². The first-order chi connectivity index (χ1) is 14.0. The van der Waals surface area contributed by atoms with Crippen LogP contribution in [-0.2, 0) is 4.79 Å². The zero-order chi connectivity index (χ0) is 20.4. The van der Waals surface area contributed by atoms with E-state index >= 15 is 0 Å². The van der Waals surface area contributed by atoms with Crippen molar-refractivity contribution < 1.29 is 9.18 Å². The molecule has 1 atom stereocenters. The van der Waals surface area contributed by atoms with Crippen molar-refractivity contribution in [2.45, 2.75) is 39.2 Å². The minimum Gasteiger partial charge on any atom is -0.294 e. The van der Waals surface area contributed by atoms with Gasteiger partial charge in [-0.15, -0.1) is 0 Å². The van der Waals surface area contributed by atoms with Gasteiger partial charge in [-0.1, -0.05) is 43.3 Å². The second kappa shape index (κ2) is 8.46. The zero-order valence-corrected chi connectivity index (χ0v) is 17.1. The monoisotopic (exact) mass is 393 g/mol. The number of halogens is 1. The van der Waals surface area contributed by atoms with Crippen molar-refractivity contribution in [3.8, 4) is 0 Å². The number of nitrogens with zero attached hydrogens (tertiary/aromatic N) is 3. The van der Waals surface area contributed by atoms with Crippen molar-refractivity contribution in [2.75, 3.05) is 19.6 Å². The molecule has 2 heterocycles. The van der Waals surface area contributed by atoms with Gasteiger partial charge in [0.15, 0.2) is 0 Å². The average molecular weight is 394 g/mol. The van der Waals surface area contributed by atoms with E-state index in [2.05, 4.69) is 30.9 Å². The first-order valence-corrected chi connectivity index (χ1v) is 10.4. The van der Waals surface area contributed by atoms with Gasteiger partial charge in [0, 0.05) is 6.42 Å². The zero-order valence-electron chi connectivity index (χ0n) is 17.1. The summed E-state index contributed by atoms with van der Waals surface area (Å²) in [5, 5.41) is 6.38. The van der Waals surface area contributed by atoms with E-state index in [1.165, 1.54) is 12.1 Å². The lowest BCUT2D eigenvalue weighted by molar-refractivity contribution is -0.134. The Balaban J connectivity index is 1.59. The lowest BCUT2D eigenvalue weighted by Gasteiger charge is -2.31. The summed E-state index contributed by atoms with van der Waals surface area (Å²) in [7, 11) is 0. The summed E-state index contributed by atoms with van der Waals surface area (Å²) >= 11 is 0. The molecule has 4 rings (SSSR count). The van der Waals surface area contributed by atoms with E-state index in [9.17, 15) is 9.18 Å². The van der Waals surface area contributed by atoms with E-state index in [-0.39, 0.29) is 17.8 Å². The number of hydrogen-bond acceptors (Lipinski definition) is 3. The van der Waals surface area contributed by atoms with Gasteiger partial charge in [-0.05, 0) is 67.6 Å². The highest BCUT2D eigenvalue weighted by molar-refractivity contribution is 6.03. The molecule has 1 unspecified atom stereocenters. The first-order valence-electron chi connectivity index (χ1n) is 10.4. The number of likely N-dealkylation sites (tertiary alicyclic amines) is 1. The molecule has 1 fully saturated rings. The third-order valence-corrected chi connectivity index (χ3v) is 6.13. The fourth-order valence-electron chi connectivity index (χ4n) is 4.24. The Morgan fingerprint density at radius 1 is 1.10 bits per heavy atom. The molecule has 29 heavy (non-hydrogen) atoms. The molecule has 0 aliphatic carbocycles. The highest BCUT2D eigenvalue weighted by atomic mass is 19.1. The summed E-state index contributed by atoms with van der Waals surface area (Å²) in [5.41, 5.74) is 3.97. The molecule has 0 aromatic heterocycles. The van der Waals surface area contributed by atoms with Crippen LogP contribution in [0.5, 0.6) is 0 Å². The van der Waals surface area contributed by atoms with Gasteiger partial charge in [-0.2, -0.15) is 5.10 Å². The molecule has 2 aromatic rings. The third kappa shape index (κ3) is 4.40. The summed E-state index contributed by atoms with van der Waals surface area (Å²) in [6.45, 7) is 6.66. The molecule has 5 heteroatoms. The van der Waals surface area contributed by atoms with Crippen molar-refractivity contribution in [2.24, 2.45) is 11.0 Å². The van der Waals surface area contributed by atoms with Crippen molar-refractivity contribution in [3.05, 3.63) is 71.0 Å². The van der Waals surface area contributed by atoms with E-state index in [0.29, 0.717) is 13.0 Å². The van der Waals surface area contributed by atoms with E-state index in [1.807, 2.05) is 12.1 Å². The van der Waals surface area contributed by atoms with Gasteiger partial charge < -0.3 is 0 Å². The minimum absolute atomic E-state index is 0.0323. The van der Waals surface area contributed by atoms with Crippen molar-refractivity contribution in [1.82, 2.24) is 9.91 Å². The molecule has 0 N–H and O–H groups in total. The van der Waals surface area contributed by atoms with Crippen LogP contribution in [0.3, 0.4) is 0 Å². The van der Waals surface area contributed by atoms with Gasteiger partial charge >= 0.3 is 0 Å². The van der Waals surface area contributed by atoms with Gasteiger partial charge in [-0.3, -0.25) is 9.69 Å². The van der Waals surface area contributed by atoms with Gasteiger partial charge in [0.1, 0.15) is 5.82 Å². The molecule has 4 nitrogen and oxygen atoms in total. The number of benzene rings is 2. The largest absolute Gasteiger partial charge is 0.294 e. The molecular weight excluding hydrogens is 365 g/mol. The molecular formula is C24H28FN3O. The standard InChI is InChI=1S/C24H28FN3O/c1-17-11-13-27(14-12-17)16-24(29)28-23(21-6-4-3-5-18(21)2)15-22(26-28)19-7-9-20(25)10-8-19/h3-10,17,23H,11-16H2,1-2H3. The Hall–Kier alpha value is -2.53. The molecule has 1 saturated heterocycles. The van der Waals surface area contributed by atoms with Crippen LogP contribution in [0.2, 0.25) is 0 Å². The summed E-state index contributed by atoms with van der Waals surface area (Å²) in [5.74, 6) is 0.496. The fourth-order valence-corrected chi connectivity index (χ4v) is 4.24. The molecule has 0 spiro atoms. The summed E-state index contributed by atoms with van der Waals surface area (Å²) < 4.78 is 13.4. The van der Waals surface area contributed by atoms with E-state index in [4.69, 9.17) is 5.10 Å². The number of carbonyl (C=O) groups excluding carboxylic acids is 1. The molecule has 0 radical (unpaired) electrons. The lowest BCUT2D eigenvalue weighted by atomic mass is 9.95. The normalized spacial score (nSPS) is 20.7. The van der Waals surface area contributed by atoms with Crippen molar-refractivity contribution in [1.29, 1.82) is 0 Å². The minimum atomic E-state index is -0.268. The summed E-state index contributed by atoms with van der Waals surface area (Å²) in [4.78, 5) is 15.5. The summed E-state index contributed by atoms with van der Waals surface area (Å²) in [6, 6.07) is 14.4. The number of hydrazone groups is 1. The molecule has 0 bridgehead atoms. The number of aryl methyl sites for hydroxylation is 1. The van der Waals surface area contributed by atoms with E-state index < -0.39 is 0 Å². The van der Waals surface area contributed by atoms with Gasteiger partial charge in [0.25, 0.3) is 5.91 Å². The molecule has 2 aliphatic rings. The van der Waals surface area contributed by atoms with Crippen LogP contribution in [0.15, 0.2) is 53.6 Å². The molecule has 2 aromatic carbocycles. The highest BCUT2D eigenvalue weighted by Crippen LogP contribution is 2.34. The van der Waals surface area contributed by atoms with Crippen LogP contribution >= 0.6 is 0 Å². The second-order valence-corrected chi connectivity index (χ2v) is 8.33. The predicted molar refractivity (Wildman–Crippen MR) is 113 cm³/mol. The molecule has 152 valence electrons. The average Bonchev–Trinajstić information content (AvgIpc) is 3.16. The Kier molecular flexibility index (Phi) is 5.76.